The number of hydrogen-bond acceptors (Lipinski definition) is 6. The van der Waals surface area contributed by atoms with Crippen LogP contribution in [0.1, 0.15) is 20.8 Å². The molecule has 3 N–H and O–H groups in total. The van der Waals surface area contributed by atoms with Crippen LogP contribution >= 0.6 is 15.9 Å². The summed E-state index contributed by atoms with van der Waals surface area (Å²) in [6, 6.07) is 7.02. The molecule has 2 rings (SSSR count). The van der Waals surface area contributed by atoms with Crippen LogP contribution in [-0.4, -0.2) is 33.8 Å². The van der Waals surface area contributed by atoms with Crippen molar-refractivity contribution in [3.05, 3.63) is 62.6 Å². The molecule has 0 aliphatic heterocycles. The van der Waals surface area contributed by atoms with Gasteiger partial charge in [-0.05, 0) is 50.5 Å². The van der Waals surface area contributed by atoms with E-state index in [1.807, 2.05) is 0 Å². The zero-order valence-corrected chi connectivity index (χ0v) is 17.2. The minimum atomic E-state index is -1.76. The van der Waals surface area contributed by atoms with Crippen molar-refractivity contribution >= 4 is 46.0 Å². The minimum absolute atomic E-state index is 0.0658. The van der Waals surface area contributed by atoms with Gasteiger partial charge in [-0.15, -0.1) is 0 Å². The predicted molar refractivity (Wildman–Crippen MR) is 107 cm³/mol. The average molecular weight is 475 g/mol. The molecule has 0 unspecified atom stereocenters. The van der Waals surface area contributed by atoms with Crippen molar-refractivity contribution in [2.45, 2.75) is 26.4 Å². The minimum Gasteiger partial charge on any atom is -0.444 e. The SMILES string of the molecule is CC(C)(C)OC(=O)Nc1ccc(Br)cc1[N+](=O)[O-].OB(O)c1ccc(F)c(F)c1. The normalized spacial score (nSPS) is 10.5. The molecule has 1 amide bonds. The van der Waals surface area contributed by atoms with Crippen LogP contribution in [0.4, 0.5) is 25.0 Å². The number of nitro benzene ring substituents is 1. The highest BCUT2D eigenvalue weighted by Crippen LogP contribution is 2.28. The largest absolute Gasteiger partial charge is 0.488 e. The van der Waals surface area contributed by atoms with Gasteiger partial charge in [-0.25, -0.2) is 13.6 Å². The topological polar surface area (TPSA) is 122 Å². The van der Waals surface area contributed by atoms with Gasteiger partial charge in [0.05, 0.1) is 4.92 Å². The molecule has 0 aliphatic rings. The predicted octanol–water partition coefficient (Wildman–Crippen LogP) is 3.35. The molecule has 0 saturated carbocycles. The number of benzene rings is 2. The van der Waals surface area contributed by atoms with Crippen molar-refractivity contribution in [3.63, 3.8) is 0 Å². The van der Waals surface area contributed by atoms with Crippen molar-refractivity contribution in [1.29, 1.82) is 0 Å². The second kappa shape index (κ2) is 10.3. The molecule has 0 atom stereocenters. The number of nitrogens with zero attached hydrogens (tertiary/aromatic N) is 1. The van der Waals surface area contributed by atoms with Crippen molar-refractivity contribution in [1.82, 2.24) is 0 Å². The molecular weight excluding hydrogens is 457 g/mol. The van der Waals surface area contributed by atoms with E-state index in [0.717, 1.165) is 18.2 Å². The Morgan fingerprint density at radius 3 is 2.28 bits per heavy atom. The molecule has 0 aromatic heterocycles. The number of carbonyl (C=O) groups excluding carboxylic acids is 1. The number of rotatable bonds is 3. The summed E-state index contributed by atoms with van der Waals surface area (Å²) in [6.45, 7) is 5.13. The van der Waals surface area contributed by atoms with Crippen LogP contribution in [0.2, 0.25) is 0 Å². The standard InChI is InChI=1S/C11H13BrN2O4.C6H5BF2O2/c1-11(2,3)18-10(15)13-8-5-4-7(12)6-9(8)14(16)17;8-5-2-1-4(7(10)11)3-6(5)9/h4-6H,1-3H3,(H,13,15);1-3,10-11H. The van der Waals surface area contributed by atoms with E-state index < -0.39 is 35.4 Å². The summed E-state index contributed by atoms with van der Waals surface area (Å²) in [4.78, 5) is 21.8. The van der Waals surface area contributed by atoms with Gasteiger partial charge in [0.1, 0.15) is 11.3 Å². The highest BCUT2D eigenvalue weighted by atomic mass is 79.9. The first-order valence-corrected chi connectivity index (χ1v) is 8.84. The average Bonchev–Trinajstić information content (AvgIpc) is 2.57. The van der Waals surface area contributed by atoms with E-state index >= 15 is 0 Å². The fourth-order valence-electron chi connectivity index (χ4n) is 1.85. The highest BCUT2D eigenvalue weighted by Gasteiger charge is 2.20. The van der Waals surface area contributed by atoms with Gasteiger partial charge in [0.25, 0.3) is 5.69 Å². The Morgan fingerprint density at radius 1 is 1.17 bits per heavy atom. The first-order chi connectivity index (χ1) is 13.3. The van der Waals surface area contributed by atoms with Gasteiger partial charge in [0.2, 0.25) is 0 Å². The van der Waals surface area contributed by atoms with Gasteiger partial charge in [0, 0.05) is 10.5 Å². The van der Waals surface area contributed by atoms with Crippen LogP contribution in [0.15, 0.2) is 40.9 Å². The van der Waals surface area contributed by atoms with E-state index in [4.69, 9.17) is 14.8 Å². The van der Waals surface area contributed by atoms with Crippen LogP contribution in [0.25, 0.3) is 0 Å². The third kappa shape index (κ3) is 8.54. The molecule has 0 aliphatic carbocycles. The molecule has 0 saturated heterocycles. The molecule has 0 fully saturated rings. The van der Waals surface area contributed by atoms with Gasteiger partial charge < -0.3 is 14.8 Å². The maximum absolute atomic E-state index is 12.3. The summed E-state index contributed by atoms with van der Waals surface area (Å²) in [6.07, 6.45) is -0.729. The van der Waals surface area contributed by atoms with Crippen molar-refractivity contribution in [2.75, 3.05) is 5.32 Å². The van der Waals surface area contributed by atoms with Crippen LogP contribution in [0.3, 0.4) is 0 Å². The number of nitrogens with one attached hydrogen (secondary N) is 1. The maximum atomic E-state index is 12.3. The lowest BCUT2D eigenvalue weighted by atomic mass is 9.80. The number of hydrogen-bond donors (Lipinski definition) is 3. The second-order valence-electron chi connectivity index (χ2n) is 6.59. The van der Waals surface area contributed by atoms with E-state index in [0.29, 0.717) is 4.47 Å². The summed E-state index contributed by atoms with van der Waals surface area (Å²) in [5, 5.41) is 30.2. The molecule has 12 heteroatoms. The quantitative estimate of drug-likeness (QED) is 0.356. The zero-order valence-electron chi connectivity index (χ0n) is 15.6. The van der Waals surface area contributed by atoms with E-state index in [1.165, 1.54) is 12.1 Å². The molecule has 2 aromatic carbocycles. The van der Waals surface area contributed by atoms with Gasteiger partial charge in [-0.3, -0.25) is 15.4 Å². The van der Waals surface area contributed by atoms with Crippen LogP contribution < -0.4 is 10.8 Å². The van der Waals surface area contributed by atoms with E-state index in [-0.39, 0.29) is 16.8 Å². The second-order valence-corrected chi connectivity index (χ2v) is 7.51. The van der Waals surface area contributed by atoms with Crippen molar-refractivity contribution in [2.24, 2.45) is 0 Å². The summed E-state index contributed by atoms with van der Waals surface area (Å²) in [7, 11) is -1.76. The molecule has 0 heterocycles. The van der Waals surface area contributed by atoms with Crippen LogP contribution in [0, 0.1) is 21.7 Å². The third-order valence-corrected chi connectivity index (χ3v) is 3.53. The lowest BCUT2D eigenvalue weighted by Crippen LogP contribution is -2.30. The first-order valence-electron chi connectivity index (χ1n) is 8.05. The number of carbonyl (C=O) groups is 1. The Hall–Kier alpha value is -2.57. The van der Waals surface area contributed by atoms with Gasteiger partial charge in [-0.1, -0.05) is 22.0 Å². The number of halogens is 3. The maximum Gasteiger partial charge on any atom is 0.488 e. The number of amides is 1. The summed E-state index contributed by atoms with van der Waals surface area (Å²) < 4.78 is 30.1. The zero-order chi connectivity index (χ0) is 22.4. The fraction of sp³-hybridized carbons (Fsp3) is 0.235. The number of nitro groups is 1. The molecule has 0 bridgehead atoms. The number of ether oxygens (including phenoxy) is 1. The lowest BCUT2D eigenvalue weighted by molar-refractivity contribution is -0.384. The van der Waals surface area contributed by atoms with Gasteiger partial charge in [0.15, 0.2) is 11.6 Å². The Morgan fingerprint density at radius 2 is 1.79 bits per heavy atom. The highest BCUT2D eigenvalue weighted by molar-refractivity contribution is 9.10. The number of anilines is 1. The summed E-state index contributed by atoms with van der Waals surface area (Å²) in [5.41, 5.74) is -0.828. The molecular formula is C17H18BBrF2N2O6. The monoisotopic (exact) mass is 474 g/mol. The Labute approximate surface area is 173 Å². The molecule has 2 aromatic rings. The lowest BCUT2D eigenvalue weighted by Gasteiger charge is -2.19. The van der Waals surface area contributed by atoms with Crippen molar-refractivity contribution < 1.29 is 33.3 Å². The van der Waals surface area contributed by atoms with E-state index in [2.05, 4.69) is 21.2 Å². The summed E-state index contributed by atoms with van der Waals surface area (Å²) >= 11 is 3.13. The third-order valence-electron chi connectivity index (χ3n) is 3.03. The fourth-order valence-corrected chi connectivity index (χ4v) is 2.20. The van der Waals surface area contributed by atoms with E-state index in [1.54, 1.807) is 26.8 Å². The first kappa shape index (κ1) is 24.5. The summed E-state index contributed by atoms with van der Waals surface area (Å²) in [5.74, 6) is -2.09. The van der Waals surface area contributed by atoms with Gasteiger partial charge >= 0.3 is 13.2 Å². The van der Waals surface area contributed by atoms with Crippen LogP contribution in [-0.2, 0) is 4.74 Å². The van der Waals surface area contributed by atoms with Gasteiger partial charge in [-0.2, -0.15) is 0 Å². The molecule has 8 nitrogen and oxygen atoms in total. The molecule has 29 heavy (non-hydrogen) atoms. The van der Waals surface area contributed by atoms with Crippen molar-refractivity contribution in [3.8, 4) is 0 Å². The Bertz CT molecular complexity index is 893. The molecule has 0 radical (unpaired) electrons. The van der Waals surface area contributed by atoms with Crippen LogP contribution in [0.5, 0.6) is 0 Å². The smallest absolute Gasteiger partial charge is 0.444 e. The molecule has 0 spiro atoms. The molecule has 156 valence electrons. The Kier molecular flexibility index (Phi) is 8.68. The Balaban J connectivity index is 0.000000326. The van der Waals surface area contributed by atoms with E-state index in [9.17, 15) is 23.7 Å².